The summed E-state index contributed by atoms with van der Waals surface area (Å²) in [5, 5.41) is 1.84. The Hall–Kier alpha value is -3.51. The van der Waals surface area contributed by atoms with E-state index in [0.717, 1.165) is 20.8 Å². The lowest BCUT2D eigenvalue weighted by Crippen LogP contribution is -2.30. The summed E-state index contributed by atoms with van der Waals surface area (Å²) in [5.74, 6) is -0.524. The van der Waals surface area contributed by atoms with Crippen molar-refractivity contribution in [3.8, 4) is 0 Å². The van der Waals surface area contributed by atoms with Crippen LogP contribution in [0.2, 0.25) is 0 Å². The highest BCUT2D eigenvalue weighted by Crippen LogP contribution is 2.29. The third-order valence-corrected chi connectivity index (χ3v) is 5.79. The molecular weight excluding hydrogens is 468 g/mol. The van der Waals surface area contributed by atoms with Crippen molar-refractivity contribution in [2.75, 3.05) is 11.5 Å². The van der Waals surface area contributed by atoms with Gasteiger partial charge in [0.25, 0.3) is 5.91 Å². The first kappa shape index (κ1) is 21.7. The maximum absolute atomic E-state index is 13.8. The van der Waals surface area contributed by atoms with E-state index in [4.69, 9.17) is 4.74 Å². The average molecular weight is 489 g/mol. The zero-order valence-corrected chi connectivity index (χ0v) is 19.1. The number of carbonyl (C=O) groups is 2. The number of esters is 1. The van der Waals surface area contributed by atoms with E-state index in [1.165, 1.54) is 0 Å². The molecule has 1 aromatic heterocycles. The standard InChI is InChI=1S/C26H21BrN2O3/c1-2-32-26(31)19-11-13-20(14-12-19)29(17-18-6-5-15-28-16-18)25(30)23-9-3-8-22-21(23)7-4-10-24(22)27/h3-16H,2,17H2,1H3. The third-order valence-electron chi connectivity index (χ3n) is 5.10. The Balaban J connectivity index is 1.76. The molecule has 0 spiro atoms. The van der Waals surface area contributed by atoms with Crippen LogP contribution in [0.15, 0.2) is 89.7 Å². The number of ether oxygens (including phenoxy) is 1. The molecule has 0 bridgehead atoms. The van der Waals surface area contributed by atoms with Crippen LogP contribution in [-0.4, -0.2) is 23.5 Å². The summed E-state index contributed by atoms with van der Waals surface area (Å²) in [7, 11) is 0. The van der Waals surface area contributed by atoms with Crippen LogP contribution >= 0.6 is 15.9 Å². The van der Waals surface area contributed by atoms with Crippen molar-refractivity contribution in [1.82, 2.24) is 4.98 Å². The van der Waals surface area contributed by atoms with Crippen molar-refractivity contribution in [2.24, 2.45) is 0 Å². The molecule has 4 aromatic rings. The molecule has 0 saturated heterocycles. The van der Waals surface area contributed by atoms with Crippen LogP contribution in [0.3, 0.4) is 0 Å². The van der Waals surface area contributed by atoms with Gasteiger partial charge in [-0.05, 0) is 65.7 Å². The van der Waals surface area contributed by atoms with Gasteiger partial charge < -0.3 is 9.64 Å². The Kier molecular flexibility index (Phi) is 6.61. The van der Waals surface area contributed by atoms with Gasteiger partial charge in [-0.2, -0.15) is 0 Å². The van der Waals surface area contributed by atoms with Crippen molar-refractivity contribution < 1.29 is 14.3 Å². The monoisotopic (exact) mass is 488 g/mol. The van der Waals surface area contributed by atoms with Gasteiger partial charge in [-0.1, -0.05) is 46.3 Å². The highest BCUT2D eigenvalue weighted by molar-refractivity contribution is 9.10. The normalized spacial score (nSPS) is 10.7. The van der Waals surface area contributed by atoms with E-state index in [9.17, 15) is 9.59 Å². The van der Waals surface area contributed by atoms with Crippen molar-refractivity contribution >= 4 is 44.3 Å². The smallest absolute Gasteiger partial charge is 0.338 e. The largest absolute Gasteiger partial charge is 0.462 e. The first-order valence-corrected chi connectivity index (χ1v) is 11.0. The van der Waals surface area contributed by atoms with Crippen LogP contribution in [0.25, 0.3) is 10.8 Å². The lowest BCUT2D eigenvalue weighted by molar-refractivity contribution is 0.0526. The van der Waals surface area contributed by atoms with Gasteiger partial charge in [0.15, 0.2) is 0 Å². The van der Waals surface area contributed by atoms with Crippen molar-refractivity contribution in [2.45, 2.75) is 13.5 Å². The molecule has 0 fully saturated rings. The van der Waals surface area contributed by atoms with Crippen LogP contribution in [-0.2, 0) is 11.3 Å². The fraction of sp³-hybridized carbons (Fsp3) is 0.115. The molecule has 32 heavy (non-hydrogen) atoms. The molecule has 0 radical (unpaired) electrons. The van der Waals surface area contributed by atoms with Crippen LogP contribution < -0.4 is 4.90 Å². The average Bonchev–Trinajstić information content (AvgIpc) is 2.83. The molecule has 160 valence electrons. The molecule has 1 heterocycles. The Morgan fingerprint density at radius 3 is 2.41 bits per heavy atom. The third kappa shape index (κ3) is 4.55. The van der Waals surface area contributed by atoms with Gasteiger partial charge in [-0.25, -0.2) is 4.79 Å². The number of nitrogens with zero attached hydrogens (tertiary/aromatic N) is 2. The fourth-order valence-corrected chi connectivity index (χ4v) is 4.05. The van der Waals surface area contributed by atoms with Crippen molar-refractivity contribution in [1.29, 1.82) is 0 Å². The molecule has 3 aromatic carbocycles. The van der Waals surface area contributed by atoms with Gasteiger partial charge in [0.2, 0.25) is 0 Å². The van der Waals surface area contributed by atoms with Gasteiger partial charge in [-0.3, -0.25) is 9.78 Å². The van der Waals surface area contributed by atoms with Crippen LogP contribution in [0.1, 0.15) is 33.2 Å². The number of benzene rings is 3. The summed E-state index contributed by atoms with van der Waals surface area (Å²) in [6.45, 7) is 2.42. The Labute approximate surface area is 194 Å². The van der Waals surface area contributed by atoms with Crippen LogP contribution in [0.5, 0.6) is 0 Å². The summed E-state index contributed by atoms with van der Waals surface area (Å²) >= 11 is 3.57. The Morgan fingerprint density at radius 2 is 1.69 bits per heavy atom. The van der Waals surface area contributed by atoms with Gasteiger partial charge >= 0.3 is 5.97 Å². The molecule has 6 heteroatoms. The molecular formula is C26H21BrN2O3. The number of fused-ring (bicyclic) bond motifs is 1. The second-order valence-corrected chi connectivity index (χ2v) is 8.01. The number of amides is 1. The molecule has 0 aliphatic rings. The number of hydrogen-bond acceptors (Lipinski definition) is 4. The van der Waals surface area contributed by atoms with E-state index >= 15 is 0 Å². The molecule has 0 N–H and O–H groups in total. The minimum Gasteiger partial charge on any atom is -0.462 e. The van der Waals surface area contributed by atoms with E-state index in [-0.39, 0.29) is 11.9 Å². The van der Waals surface area contributed by atoms with E-state index in [0.29, 0.717) is 30.0 Å². The summed E-state index contributed by atoms with van der Waals surface area (Å²) in [6, 6.07) is 22.2. The second-order valence-electron chi connectivity index (χ2n) is 7.16. The fourth-order valence-electron chi connectivity index (χ4n) is 3.55. The molecule has 5 nitrogen and oxygen atoms in total. The Morgan fingerprint density at radius 1 is 0.938 bits per heavy atom. The lowest BCUT2D eigenvalue weighted by atomic mass is 10.0. The van der Waals surface area contributed by atoms with Crippen molar-refractivity contribution in [3.05, 3.63) is 106 Å². The maximum Gasteiger partial charge on any atom is 0.338 e. The maximum atomic E-state index is 13.8. The SMILES string of the molecule is CCOC(=O)c1ccc(N(Cc2cccnc2)C(=O)c2cccc3c(Br)cccc23)cc1. The second kappa shape index (κ2) is 9.75. The summed E-state index contributed by atoms with van der Waals surface area (Å²) in [5.41, 5.74) is 2.62. The quantitative estimate of drug-likeness (QED) is 0.311. The first-order chi connectivity index (χ1) is 15.6. The molecule has 0 atom stereocenters. The topological polar surface area (TPSA) is 59.5 Å². The van der Waals surface area contributed by atoms with Crippen LogP contribution in [0, 0.1) is 0 Å². The summed E-state index contributed by atoms with van der Waals surface area (Å²) in [4.78, 5) is 31.7. The van der Waals surface area contributed by atoms with E-state index in [2.05, 4.69) is 20.9 Å². The number of rotatable bonds is 6. The molecule has 0 aliphatic carbocycles. The van der Waals surface area contributed by atoms with Crippen LogP contribution in [0.4, 0.5) is 5.69 Å². The molecule has 4 rings (SSSR count). The predicted molar refractivity (Wildman–Crippen MR) is 129 cm³/mol. The zero-order chi connectivity index (χ0) is 22.5. The minimum atomic E-state index is -0.386. The van der Waals surface area contributed by atoms with Gasteiger partial charge in [-0.15, -0.1) is 0 Å². The first-order valence-electron chi connectivity index (χ1n) is 10.2. The summed E-state index contributed by atoms with van der Waals surface area (Å²) < 4.78 is 6.00. The van der Waals surface area contributed by atoms with Gasteiger partial charge in [0, 0.05) is 28.1 Å². The zero-order valence-electron chi connectivity index (χ0n) is 17.5. The van der Waals surface area contributed by atoms with E-state index < -0.39 is 0 Å². The van der Waals surface area contributed by atoms with E-state index in [1.54, 1.807) is 48.5 Å². The molecule has 1 amide bonds. The van der Waals surface area contributed by atoms with E-state index in [1.807, 2.05) is 48.5 Å². The molecule has 0 unspecified atom stereocenters. The Bertz CT molecular complexity index is 1260. The number of hydrogen-bond donors (Lipinski definition) is 0. The number of carbonyl (C=O) groups excluding carboxylic acids is 2. The number of pyridine rings is 1. The number of anilines is 1. The van der Waals surface area contributed by atoms with Gasteiger partial charge in [0.05, 0.1) is 18.7 Å². The van der Waals surface area contributed by atoms with Gasteiger partial charge in [0.1, 0.15) is 0 Å². The molecule has 0 saturated carbocycles. The highest BCUT2D eigenvalue weighted by Gasteiger charge is 2.21. The number of aromatic nitrogens is 1. The summed E-state index contributed by atoms with van der Waals surface area (Å²) in [6.07, 6.45) is 3.44. The predicted octanol–water partition coefficient (Wildman–Crippen LogP) is 6.02. The highest BCUT2D eigenvalue weighted by atomic mass is 79.9. The minimum absolute atomic E-state index is 0.138. The number of halogens is 1. The molecule has 0 aliphatic heterocycles. The van der Waals surface area contributed by atoms with Crippen molar-refractivity contribution in [3.63, 3.8) is 0 Å². The lowest BCUT2D eigenvalue weighted by Gasteiger charge is -2.24.